The lowest BCUT2D eigenvalue weighted by atomic mass is 9.96. The Morgan fingerprint density at radius 1 is 1.17 bits per heavy atom. The number of benzene rings is 2. The van der Waals surface area contributed by atoms with Crippen LogP contribution in [0.15, 0.2) is 48.3 Å². The molecule has 0 radical (unpaired) electrons. The molecule has 1 aliphatic heterocycles. The topological polar surface area (TPSA) is 74.3 Å². The minimum Gasteiger partial charge on any atom is -0.508 e. The van der Waals surface area contributed by atoms with E-state index in [0.29, 0.717) is 36.0 Å². The quantitative estimate of drug-likeness (QED) is 0.462. The van der Waals surface area contributed by atoms with Gasteiger partial charge in [-0.05, 0) is 43.4 Å². The fourth-order valence-corrected chi connectivity index (χ4v) is 4.67. The van der Waals surface area contributed by atoms with Crippen LogP contribution < -0.4 is 14.8 Å². The van der Waals surface area contributed by atoms with Crippen LogP contribution in [0, 0.1) is 5.92 Å². The Hall–Kier alpha value is -3.06. The lowest BCUT2D eigenvalue weighted by molar-refractivity contribution is -0.121. The summed E-state index contributed by atoms with van der Waals surface area (Å²) in [4.78, 5) is 16.9. The van der Waals surface area contributed by atoms with Crippen molar-refractivity contribution in [3.05, 3.63) is 64.4 Å². The highest BCUT2D eigenvalue weighted by Crippen LogP contribution is 2.38. The third-order valence-corrected chi connectivity index (χ3v) is 6.98. The highest BCUT2D eigenvalue weighted by Gasteiger charge is 2.28. The summed E-state index contributed by atoms with van der Waals surface area (Å²) in [6.07, 6.45) is 3.99. The zero-order chi connectivity index (χ0) is 25.5. The second kappa shape index (κ2) is 12.1. The van der Waals surface area contributed by atoms with E-state index in [1.807, 2.05) is 44.3 Å². The lowest BCUT2D eigenvalue weighted by Gasteiger charge is -2.31. The van der Waals surface area contributed by atoms with Crippen LogP contribution in [0.1, 0.15) is 37.8 Å². The van der Waals surface area contributed by atoms with E-state index in [2.05, 4.69) is 28.2 Å². The number of allylic oxidation sites excluding steroid dienone is 1. The molecule has 7 nitrogen and oxygen atoms in total. The van der Waals surface area contributed by atoms with Crippen molar-refractivity contribution in [3.63, 3.8) is 0 Å². The van der Waals surface area contributed by atoms with Gasteiger partial charge in [0.2, 0.25) is 5.91 Å². The zero-order valence-corrected chi connectivity index (χ0v) is 21.9. The van der Waals surface area contributed by atoms with Gasteiger partial charge in [0.1, 0.15) is 11.9 Å². The van der Waals surface area contributed by atoms with E-state index in [1.54, 1.807) is 20.3 Å². The van der Waals surface area contributed by atoms with Gasteiger partial charge in [-0.2, -0.15) is 0 Å². The molecule has 2 N–H and O–H groups in total. The Morgan fingerprint density at radius 2 is 1.91 bits per heavy atom. The second-order valence-electron chi connectivity index (χ2n) is 9.09. The monoisotopic (exact) mass is 501 g/mol. The standard InChI is InChI=1S/C27H36ClN3O4/c1-18(14-20-11-12-23(34-4)27(35-5)26(20)28)10-13-24(33)29-15-25-30(3)19(2)16-31(25)17-21-8-6-7-9-22(21)32/h6-9,11-12,16,18,25,32H,10,13-15,17H2,1-5H3,(H,29,33). The Morgan fingerprint density at radius 3 is 2.60 bits per heavy atom. The van der Waals surface area contributed by atoms with Crippen molar-refractivity contribution in [1.82, 2.24) is 15.1 Å². The van der Waals surface area contributed by atoms with Crippen LogP contribution in [0.4, 0.5) is 0 Å². The molecule has 0 fully saturated rings. The van der Waals surface area contributed by atoms with E-state index < -0.39 is 0 Å². The van der Waals surface area contributed by atoms with E-state index in [-0.39, 0.29) is 23.7 Å². The summed E-state index contributed by atoms with van der Waals surface area (Å²) in [5.41, 5.74) is 2.94. The van der Waals surface area contributed by atoms with Crippen molar-refractivity contribution >= 4 is 17.5 Å². The van der Waals surface area contributed by atoms with E-state index in [1.165, 1.54) is 0 Å². The van der Waals surface area contributed by atoms with Gasteiger partial charge in [0, 0.05) is 37.5 Å². The predicted molar refractivity (Wildman–Crippen MR) is 139 cm³/mol. The zero-order valence-electron chi connectivity index (χ0n) is 21.2. The molecule has 2 aromatic carbocycles. The first-order valence-corrected chi connectivity index (χ1v) is 12.2. The third-order valence-electron chi connectivity index (χ3n) is 6.56. The molecule has 2 aromatic rings. The van der Waals surface area contributed by atoms with Gasteiger partial charge in [0.05, 0.1) is 25.8 Å². The molecule has 0 aromatic heterocycles. The van der Waals surface area contributed by atoms with Crippen LogP contribution in [-0.2, 0) is 17.8 Å². The summed E-state index contributed by atoms with van der Waals surface area (Å²) >= 11 is 6.51. The first-order chi connectivity index (χ1) is 16.7. The Kier molecular flexibility index (Phi) is 9.15. The number of aromatic hydroxyl groups is 1. The van der Waals surface area contributed by atoms with Crippen molar-refractivity contribution in [2.24, 2.45) is 5.92 Å². The number of phenols is 1. The van der Waals surface area contributed by atoms with Gasteiger partial charge in [-0.1, -0.05) is 42.8 Å². The molecule has 0 bridgehead atoms. The maximum absolute atomic E-state index is 12.6. The molecule has 0 spiro atoms. The lowest BCUT2D eigenvalue weighted by Crippen LogP contribution is -2.46. The van der Waals surface area contributed by atoms with Gasteiger partial charge >= 0.3 is 0 Å². The number of carbonyl (C=O) groups excluding carboxylic acids is 1. The van der Waals surface area contributed by atoms with Crippen LogP contribution in [0.5, 0.6) is 17.2 Å². The molecule has 8 heteroatoms. The SMILES string of the molecule is COc1ccc(CC(C)CCC(=O)NCC2N(Cc3ccccc3O)C=C(C)N2C)c(Cl)c1OC. The summed E-state index contributed by atoms with van der Waals surface area (Å²) in [6.45, 7) is 5.22. The third kappa shape index (κ3) is 6.54. The number of amides is 1. The summed E-state index contributed by atoms with van der Waals surface area (Å²) in [5, 5.41) is 13.8. The molecule has 35 heavy (non-hydrogen) atoms. The molecular formula is C27H36ClN3O4. The van der Waals surface area contributed by atoms with Crippen molar-refractivity contribution in [2.75, 3.05) is 27.8 Å². The van der Waals surface area contributed by atoms with E-state index in [9.17, 15) is 9.90 Å². The van der Waals surface area contributed by atoms with Crippen LogP contribution in [0.2, 0.25) is 5.02 Å². The molecule has 1 heterocycles. The predicted octanol–water partition coefficient (Wildman–Crippen LogP) is 4.77. The van der Waals surface area contributed by atoms with Crippen molar-refractivity contribution in [2.45, 2.75) is 45.8 Å². The van der Waals surface area contributed by atoms with E-state index >= 15 is 0 Å². The molecule has 0 aliphatic carbocycles. The number of hydrogen-bond acceptors (Lipinski definition) is 6. The molecular weight excluding hydrogens is 466 g/mol. The molecule has 0 saturated carbocycles. The maximum atomic E-state index is 12.6. The number of hydrogen-bond donors (Lipinski definition) is 2. The van der Waals surface area contributed by atoms with E-state index in [4.69, 9.17) is 21.1 Å². The average molecular weight is 502 g/mol. The Labute approximate surface area is 213 Å². The van der Waals surface area contributed by atoms with Crippen LogP contribution >= 0.6 is 11.6 Å². The highest BCUT2D eigenvalue weighted by atomic mass is 35.5. The number of nitrogens with zero attached hydrogens (tertiary/aromatic N) is 2. The van der Waals surface area contributed by atoms with Crippen molar-refractivity contribution in [3.8, 4) is 17.2 Å². The number of halogens is 1. The number of likely N-dealkylation sites (N-methyl/N-ethyl adjacent to an activating group) is 1. The summed E-state index contributed by atoms with van der Waals surface area (Å²) in [7, 11) is 5.17. The fraction of sp³-hybridized carbons (Fsp3) is 0.444. The number of phenolic OH excluding ortho intramolecular Hbond substituents is 1. The summed E-state index contributed by atoms with van der Waals surface area (Å²) in [5.74, 6) is 1.71. The normalized spacial score (nSPS) is 16.2. The van der Waals surface area contributed by atoms with Crippen LogP contribution in [-0.4, -0.2) is 54.8 Å². The minimum absolute atomic E-state index is 0.0125. The molecule has 190 valence electrons. The van der Waals surface area contributed by atoms with Gasteiger partial charge in [-0.3, -0.25) is 4.79 Å². The molecule has 2 unspecified atom stereocenters. The van der Waals surface area contributed by atoms with Gasteiger partial charge in [-0.25, -0.2) is 0 Å². The van der Waals surface area contributed by atoms with Gasteiger partial charge in [0.25, 0.3) is 0 Å². The van der Waals surface area contributed by atoms with Crippen LogP contribution in [0.25, 0.3) is 0 Å². The molecule has 1 aliphatic rings. The van der Waals surface area contributed by atoms with Gasteiger partial charge < -0.3 is 29.7 Å². The van der Waals surface area contributed by atoms with Crippen molar-refractivity contribution < 1.29 is 19.4 Å². The summed E-state index contributed by atoms with van der Waals surface area (Å²) in [6, 6.07) is 11.1. The number of carbonyl (C=O) groups is 1. The number of methoxy groups -OCH3 is 2. The molecule has 0 saturated heterocycles. The summed E-state index contributed by atoms with van der Waals surface area (Å²) < 4.78 is 10.7. The molecule has 3 rings (SSSR count). The highest BCUT2D eigenvalue weighted by molar-refractivity contribution is 6.33. The first-order valence-electron chi connectivity index (χ1n) is 11.8. The minimum atomic E-state index is -0.0125. The largest absolute Gasteiger partial charge is 0.508 e. The maximum Gasteiger partial charge on any atom is 0.220 e. The Bertz CT molecular complexity index is 1060. The van der Waals surface area contributed by atoms with E-state index in [0.717, 1.165) is 29.7 Å². The number of para-hydroxylation sites is 1. The average Bonchev–Trinajstić information content (AvgIpc) is 3.11. The first kappa shape index (κ1) is 26.5. The molecule has 2 atom stereocenters. The number of rotatable bonds is 11. The Balaban J connectivity index is 1.51. The molecule has 1 amide bonds. The number of ether oxygens (including phenoxy) is 2. The van der Waals surface area contributed by atoms with Gasteiger partial charge in [-0.15, -0.1) is 0 Å². The smallest absolute Gasteiger partial charge is 0.220 e. The van der Waals surface area contributed by atoms with Crippen LogP contribution in [0.3, 0.4) is 0 Å². The second-order valence-corrected chi connectivity index (χ2v) is 9.47. The number of nitrogens with one attached hydrogen (secondary N) is 1. The van der Waals surface area contributed by atoms with Gasteiger partial charge in [0.15, 0.2) is 11.5 Å². The fourth-order valence-electron chi connectivity index (χ4n) is 4.36. The van der Waals surface area contributed by atoms with Crippen molar-refractivity contribution in [1.29, 1.82) is 0 Å².